The molecule has 0 radical (unpaired) electrons. The maximum absolute atomic E-state index is 11.4. The largest absolute Gasteiger partial charge is 0.473 e. The summed E-state index contributed by atoms with van der Waals surface area (Å²) >= 11 is 0. The van der Waals surface area contributed by atoms with Crippen molar-refractivity contribution < 1.29 is 14.3 Å². The number of likely N-dealkylation sites (tertiary alicyclic amines) is 1. The van der Waals surface area contributed by atoms with Crippen molar-refractivity contribution in [3.05, 3.63) is 36.3 Å². The lowest BCUT2D eigenvalue weighted by atomic mass is 9.90. The van der Waals surface area contributed by atoms with Gasteiger partial charge >= 0.3 is 6.03 Å². The first kappa shape index (κ1) is 13.7. The van der Waals surface area contributed by atoms with E-state index in [1.807, 2.05) is 32.9 Å². The minimum atomic E-state index is -0.429. The molecule has 0 aromatic rings. The molecule has 0 aromatic carbocycles. The number of urea groups is 1. The fourth-order valence-electron chi connectivity index (χ4n) is 2.26. The maximum atomic E-state index is 11.4. The monoisotopic (exact) mass is 264 g/mol. The Balaban J connectivity index is 2.17. The summed E-state index contributed by atoms with van der Waals surface area (Å²) in [7, 11) is 0. The second-order valence-electron chi connectivity index (χ2n) is 5.64. The fraction of sp³-hybridized carbons (Fsp3) is 0.500. The van der Waals surface area contributed by atoms with Crippen LogP contribution < -0.4 is 5.73 Å². The average molecular weight is 264 g/mol. The first-order valence-corrected chi connectivity index (χ1v) is 6.31. The van der Waals surface area contributed by atoms with E-state index in [9.17, 15) is 4.79 Å². The van der Waals surface area contributed by atoms with E-state index in [-0.39, 0.29) is 17.7 Å². The molecule has 0 aliphatic carbocycles. The highest BCUT2D eigenvalue weighted by molar-refractivity contribution is 5.74. The number of amides is 2. The molecule has 0 aromatic heterocycles. The normalized spacial score (nSPS) is 26.3. The number of nitrogens with two attached hydrogens (primary N) is 1. The van der Waals surface area contributed by atoms with Crippen LogP contribution in [0.15, 0.2) is 36.3 Å². The maximum Gasteiger partial charge on any atom is 0.315 e. The van der Waals surface area contributed by atoms with Gasteiger partial charge in [0.2, 0.25) is 0 Å². The number of primary amides is 1. The highest BCUT2D eigenvalue weighted by Crippen LogP contribution is 2.31. The van der Waals surface area contributed by atoms with E-state index in [4.69, 9.17) is 15.2 Å². The number of hydrogen-bond donors (Lipinski definition) is 1. The highest BCUT2D eigenvalue weighted by Gasteiger charge is 2.45. The summed E-state index contributed by atoms with van der Waals surface area (Å²) in [6.45, 7) is 6.51. The van der Waals surface area contributed by atoms with E-state index in [0.717, 1.165) is 5.57 Å². The number of hydrogen-bond acceptors (Lipinski definition) is 3. The van der Waals surface area contributed by atoms with E-state index in [2.05, 4.69) is 0 Å². The molecule has 2 unspecified atom stereocenters. The molecule has 1 saturated heterocycles. The third kappa shape index (κ3) is 3.17. The lowest BCUT2D eigenvalue weighted by Gasteiger charge is -2.49. The highest BCUT2D eigenvalue weighted by atomic mass is 16.5. The SMILES string of the molecule is CC(C)(C)OC1CN(C(N)=O)C1C1=CC=COC=C1. The Bertz CT molecular complexity index is 446. The number of ether oxygens (including phenoxy) is 2. The van der Waals surface area contributed by atoms with Gasteiger partial charge in [-0.1, -0.05) is 6.08 Å². The predicted molar refractivity (Wildman–Crippen MR) is 72.2 cm³/mol. The van der Waals surface area contributed by atoms with Crippen LogP contribution in [-0.2, 0) is 9.47 Å². The Morgan fingerprint density at radius 1 is 1.47 bits per heavy atom. The second-order valence-corrected chi connectivity index (χ2v) is 5.64. The Labute approximate surface area is 113 Å². The molecule has 2 aliphatic heterocycles. The Kier molecular flexibility index (Phi) is 3.66. The van der Waals surface area contributed by atoms with Crippen LogP contribution in [0.5, 0.6) is 0 Å². The van der Waals surface area contributed by atoms with Crippen molar-refractivity contribution in [2.24, 2.45) is 5.73 Å². The number of allylic oxidation sites excluding steroid dienone is 2. The molecule has 19 heavy (non-hydrogen) atoms. The molecule has 0 spiro atoms. The summed E-state index contributed by atoms with van der Waals surface area (Å²) in [5.74, 6) is 0. The number of rotatable bonds is 2. The molecule has 2 heterocycles. The van der Waals surface area contributed by atoms with Crippen molar-refractivity contribution >= 4 is 6.03 Å². The van der Waals surface area contributed by atoms with Gasteiger partial charge in [0.1, 0.15) is 6.10 Å². The first-order valence-electron chi connectivity index (χ1n) is 6.31. The van der Waals surface area contributed by atoms with Crippen molar-refractivity contribution in [3.8, 4) is 0 Å². The van der Waals surface area contributed by atoms with Crippen LogP contribution >= 0.6 is 0 Å². The Morgan fingerprint density at radius 2 is 2.21 bits per heavy atom. The van der Waals surface area contributed by atoms with Gasteiger partial charge in [-0.05, 0) is 38.5 Å². The third-order valence-corrected chi connectivity index (χ3v) is 2.98. The van der Waals surface area contributed by atoms with Gasteiger partial charge < -0.3 is 20.1 Å². The zero-order chi connectivity index (χ0) is 14.0. The van der Waals surface area contributed by atoms with Crippen LogP contribution in [0.3, 0.4) is 0 Å². The van der Waals surface area contributed by atoms with Crippen LogP contribution in [0, 0.1) is 0 Å². The summed E-state index contributed by atoms with van der Waals surface area (Å²) in [5.41, 5.74) is 6.09. The lowest BCUT2D eigenvalue weighted by molar-refractivity contribution is -0.132. The van der Waals surface area contributed by atoms with E-state index in [1.165, 1.54) is 0 Å². The Morgan fingerprint density at radius 3 is 2.84 bits per heavy atom. The molecule has 2 amide bonds. The van der Waals surface area contributed by atoms with Gasteiger partial charge in [-0.3, -0.25) is 0 Å². The molecule has 5 heteroatoms. The third-order valence-electron chi connectivity index (χ3n) is 2.98. The zero-order valence-corrected chi connectivity index (χ0v) is 11.5. The molecule has 5 nitrogen and oxygen atoms in total. The molecule has 2 atom stereocenters. The van der Waals surface area contributed by atoms with Crippen molar-refractivity contribution in [2.75, 3.05) is 6.54 Å². The van der Waals surface area contributed by atoms with Crippen LogP contribution in [0.4, 0.5) is 4.79 Å². The molecule has 2 rings (SSSR count). The van der Waals surface area contributed by atoms with Gasteiger partial charge in [0.05, 0.1) is 30.7 Å². The van der Waals surface area contributed by atoms with Crippen molar-refractivity contribution in [3.63, 3.8) is 0 Å². The smallest absolute Gasteiger partial charge is 0.315 e. The van der Waals surface area contributed by atoms with E-state index in [1.54, 1.807) is 23.5 Å². The van der Waals surface area contributed by atoms with Gasteiger partial charge in [0, 0.05) is 0 Å². The van der Waals surface area contributed by atoms with E-state index in [0.29, 0.717) is 6.54 Å². The minimum Gasteiger partial charge on any atom is -0.473 e. The minimum absolute atomic E-state index is 0.0464. The van der Waals surface area contributed by atoms with Crippen LogP contribution in [0.2, 0.25) is 0 Å². The molecular weight excluding hydrogens is 244 g/mol. The van der Waals surface area contributed by atoms with Gasteiger partial charge in [-0.2, -0.15) is 0 Å². The summed E-state index contributed by atoms with van der Waals surface area (Å²) in [5, 5.41) is 0. The summed E-state index contributed by atoms with van der Waals surface area (Å²) in [6, 6.07) is -0.582. The van der Waals surface area contributed by atoms with Crippen LogP contribution in [0.1, 0.15) is 20.8 Å². The molecular formula is C14H20N2O3. The molecule has 2 N–H and O–H groups in total. The zero-order valence-electron chi connectivity index (χ0n) is 11.5. The quantitative estimate of drug-likeness (QED) is 0.828. The predicted octanol–water partition coefficient (Wildman–Crippen LogP) is 1.92. The van der Waals surface area contributed by atoms with Crippen molar-refractivity contribution in [1.82, 2.24) is 4.90 Å². The molecule has 1 fully saturated rings. The van der Waals surface area contributed by atoms with Gasteiger partial charge in [0.15, 0.2) is 0 Å². The summed E-state index contributed by atoms with van der Waals surface area (Å²) in [4.78, 5) is 13.0. The summed E-state index contributed by atoms with van der Waals surface area (Å²) in [6.07, 6.45) is 8.65. The van der Waals surface area contributed by atoms with Gasteiger partial charge in [0.25, 0.3) is 0 Å². The first-order chi connectivity index (χ1) is 8.88. The number of carbonyl (C=O) groups excluding carboxylic acids is 1. The van der Waals surface area contributed by atoms with E-state index < -0.39 is 6.03 Å². The number of nitrogens with zero attached hydrogens (tertiary/aromatic N) is 1. The topological polar surface area (TPSA) is 64.8 Å². The van der Waals surface area contributed by atoms with Crippen molar-refractivity contribution in [2.45, 2.75) is 38.5 Å². The van der Waals surface area contributed by atoms with E-state index >= 15 is 0 Å². The van der Waals surface area contributed by atoms with Crippen LogP contribution in [-0.4, -0.2) is 35.2 Å². The molecule has 2 aliphatic rings. The number of carbonyl (C=O) groups is 1. The van der Waals surface area contributed by atoms with Crippen LogP contribution in [0.25, 0.3) is 0 Å². The summed E-state index contributed by atoms with van der Waals surface area (Å²) < 4.78 is 11.1. The lowest BCUT2D eigenvalue weighted by Crippen LogP contribution is -2.66. The Hall–Kier alpha value is -1.75. The standard InChI is InChI=1S/C14H20N2O3/c1-14(2,3)19-11-9-16(13(15)17)12(11)10-5-4-7-18-8-6-10/h4-8,11-12H,9H2,1-3H3,(H2,15,17). The van der Waals surface area contributed by atoms with Gasteiger partial charge in [-0.25, -0.2) is 4.79 Å². The van der Waals surface area contributed by atoms with Gasteiger partial charge in [-0.15, -0.1) is 0 Å². The second kappa shape index (κ2) is 5.09. The fourth-order valence-corrected chi connectivity index (χ4v) is 2.26. The average Bonchev–Trinajstić information content (AvgIpc) is 2.50. The van der Waals surface area contributed by atoms with Crippen molar-refractivity contribution in [1.29, 1.82) is 0 Å². The molecule has 0 bridgehead atoms. The molecule has 0 saturated carbocycles. The molecule has 104 valence electrons.